The Balaban J connectivity index is 1.24. The minimum atomic E-state index is -4.74. The van der Waals surface area contributed by atoms with Crippen molar-refractivity contribution in [1.82, 2.24) is 24.6 Å². The number of ether oxygens (including phenoxy) is 1. The smallest absolute Gasteiger partial charge is 0.406 e. The van der Waals surface area contributed by atoms with Crippen molar-refractivity contribution in [2.45, 2.75) is 39.6 Å². The molecular weight excluding hydrogens is 581 g/mol. The number of nitrogens with one attached hydrogen (secondary N) is 1. The molecule has 1 N–H and O–H groups in total. The number of benzene rings is 3. The number of aromatic nitrogens is 4. The summed E-state index contributed by atoms with van der Waals surface area (Å²) in [6.07, 6.45) is -3.24. The first-order valence-corrected chi connectivity index (χ1v) is 14.3. The number of aryl methyl sites for hydroxylation is 1. The average Bonchev–Trinajstić information content (AvgIpc) is 3.59. The highest BCUT2D eigenvalue weighted by atomic mass is 32.1. The number of hydrogen-bond acceptors (Lipinski definition) is 5. The second-order valence-electron chi connectivity index (χ2n) is 9.73. The first-order chi connectivity index (χ1) is 20.1. The van der Waals surface area contributed by atoms with E-state index in [-0.39, 0.29) is 5.75 Å². The van der Waals surface area contributed by atoms with Gasteiger partial charge in [-0.3, -0.25) is 4.57 Å². The van der Waals surface area contributed by atoms with Crippen molar-refractivity contribution in [3.63, 3.8) is 0 Å². The number of alkyl halides is 3. The molecule has 0 aliphatic heterocycles. The van der Waals surface area contributed by atoms with Crippen LogP contribution in [0.2, 0.25) is 0 Å². The van der Waals surface area contributed by atoms with Crippen LogP contribution in [0, 0.1) is 6.92 Å². The minimum absolute atomic E-state index is 0.302. The molecule has 0 fully saturated rings. The maximum absolute atomic E-state index is 12.4. The first kappa shape index (κ1) is 29.2. The Morgan fingerprint density at radius 2 is 1.76 bits per heavy atom. The second-order valence-corrected chi connectivity index (χ2v) is 11.0. The van der Waals surface area contributed by atoms with Gasteiger partial charge in [0.2, 0.25) is 0 Å². The summed E-state index contributed by atoms with van der Waals surface area (Å²) < 4.78 is 44.7. The zero-order valence-corrected chi connectivity index (χ0v) is 24.6. The van der Waals surface area contributed by atoms with Crippen molar-refractivity contribution >= 4 is 28.7 Å². The summed E-state index contributed by atoms with van der Waals surface area (Å²) in [4.78, 5) is 9.85. The Hall–Kier alpha value is -4.29. The summed E-state index contributed by atoms with van der Waals surface area (Å²) in [5.41, 5.74) is 5.78. The standard InChI is InChI=1S/C30H27F3N6OS2/c1-19(2)25-6-4-5-7-26(25)39-20(3)17-42-29(39)36-28(41)34-16-21-8-10-22(11-9-21)27-35-18-38(37-27)23-12-14-24(15-13-23)40-30(31,32)33/h4-15,17-19H,16H2,1-3H3,(H,34,41). The Kier molecular flexibility index (Phi) is 8.55. The molecule has 0 radical (unpaired) electrons. The van der Waals surface area contributed by atoms with Crippen LogP contribution in [0.3, 0.4) is 0 Å². The van der Waals surface area contributed by atoms with Crippen LogP contribution in [0.4, 0.5) is 13.2 Å². The second kappa shape index (κ2) is 12.3. The number of para-hydroxylation sites is 1. The lowest BCUT2D eigenvalue weighted by Crippen LogP contribution is -2.24. The van der Waals surface area contributed by atoms with E-state index in [2.05, 4.69) is 69.1 Å². The first-order valence-electron chi connectivity index (χ1n) is 13.0. The SMILES string of the molecule is Cc1csc(=NC(=S)NCc2ccc(-c3ncn(-c4ccc(OC(F)(F)F)cc4)n3)cc2)n1-c1ccccc1C(C)C. The summed E-state index contributed by atoms with van der Waals surface area (Å²) in [7, 11) is 0. The lowest BCUT2D eigenvalue weighted by atomic mass is 10.0. The molecule has 0 spiro atoms. The van der Waals surface area contributed by atoms with E-state index in [4.69, 9.17) is 17.2 Å². The van der Waals surface area contributed by atoms with Crippen LogP contribution in [0.25, 0.3) is 22.8 Å². The molecule has 7 nitrogen and oxygen atoms in total. The van der Waals surface area contributed by atoms with Crippen LogP contribution in [0.15, 0.2) is 89.5 Å². The van der Waals surface area contributed by atoms with E-state index in [0.29, 0.717) is 29.1 Å². The molecule has 5 aromatic rings. The fourth-order valence-electron chi connectivity index (χ4n) is 4.34. The van der Waals surface area contributed by atoms with Crippen molar-refractivity contribution in [3.8, 4) is 28.5 Å². The predicted octanol–water partition coefficient (Wildman–Crippen LogP) is 7.09. The molecule has 42 heavy (non-hydrogen) atoms. The molecule has 0 saturated carbocycles. The fourth-order valence-corrected chi connectivity index (χ4v) is 5.43. The number of halogens is 3. The molecule has 12 heteroatoms. The van der Waals surface area contributed by atoms with Gasteiger partial charge < -0.3 is 10.1 Å². The molecule has 216 valence electrons. The summed E-state index contributed by atoms with van der Waals surface area (Å²) >= 11 is 7.10. The lowest BCUT2D eigenvalue weighted by Gasteiger charge is -2.15. The van der Waals surface area contributed by atoms with Gasteiger partial charge in [-0.2, -0.15) is 4.99 Å². The Labute approximate surface area is 250 Å². The Morgan fingerprint density at radius 3 is 2.45 bits per heavy atom. The van der Waals surface area contributed by atoms with E-state index in [9.17, 15) is 13.2 Å². The monoisotopic (exact) mass is 608 g/mol. The van der Waals surface area contributed by atoms with Gasteiger partial charge in [0.1, 0.15) is 12.1 Å². The molecule has 3 aromatic carbocycles. The average molecular weight is 609 g/mol. The summed E-state index contributed by atoms with van der Waals surface area (Å²) in [5, 5.41) is 10.1. The van der Waals surface area contributed by atoms with E-state index in [1.807, 2.05) is 30.3 Å². The topological polar surface area (TPSA) is 69.3 Å². The molecule has 0 amide bonds. The van der Waals surface area contributed by atoms with Crippen LogP contribution in [0.5, 0.6) is 5.75 Å². The van der Waals surface area contributed by atoms with Gasteiger partial charge in [-0.1, -0.05) is 56.3 Å². The molecule has 0 aliphatic carbocycles. The van der Waals surface area contributed by atoms with Crippen molar-refractivity contribution in [1.29, 1.82) is 0 Å². The van der Waals surface area contributed by atoms with Gasteiger partial charge in [-0.25, -0.2) is 9.67 Å². The molecule has 0 bridgehead atoms. The van der Waals surface area contributed by atoms with Gasteiger partial charge in [-0.15, -0.1) is 29.6 Å². The number of nitrogens with zero attached hydrogens (tertiary/aromatic N) is 5. The van der Waals surface area contributed by atoms with E-state index in [1.165, 1.54) is 40.8 Å². The lowest BCUT2D eigenvalue weighted by molar-refractivity contribution is -0.274. The van der Waals surface area contributed by atoms with E-state index in [1.54, 1.807) is 11.3 Å². The molecule has 0 atom stereocenters. The van der Waals surface area contributed by atoms with Gasteiger partial charge in [0, 0.05) is 23.2 Å². The summed E-state index contributed by atoms with van der Waals surface area (Å²) in [6, 6.07) is 21.4. The maximum atomic E-state index is 12.4. The Morgan fingerprint density at radius 1 is 1.05 bits per heavy atom. The predicted molar refractivity (Wildman–Crippen MR) is 161 cm³/mol. The zero-order valence-electron chi connectivity index (χ0n) is 23.0. The molecule has 2 heterocycles. The van der Waals surface area contributed by atoms with Gasteiger partial charge in [0.25, 0.3) is 0 Å². The third kappa shape index (κ3) is 6.94. The zero-order chi connectivity index (χ0) is 29.9. The normalized spacial score (nSPS) is 12.1. The molecule has 0 aliphatic rings. The van der Waals surface area contributed by atoms with Gasteiger partial charge in [0.15, 0.2) is 15.7 Å². The third-order valence-electron chi connectivity index (χ3n) is 6.36. The Bertz CT molecular complexity index is 1750. The number of thiazole rings is 1. The van der Waals surface area contributed by atoms with Crippen LogP contribution < -0.4 is 14.9 Å². The molecular formula is C30H27F3N6OS2. The van der Waals surface area contributed by atoms with Crippen LogP contribution in [-0.2, 0) is 6.54 Å². The summed E-state index contributed by atoms with van der Waals surface area (Å²) in [5.74, 6) is 0.547. The van der Waals surface area contributed by atoms with E-state index < -0.39 is 6.36 Å². The van der Waals surface area contributed by atoms with Gasteiger partial charge in [0.05, 0.1) is 11.4 Å². The maximum Gasteiger partial charge on any atom is 0.573 e. The number of rotatable bonds is 7. The van der Waals surface area contributed by atoms with Gasteiger partial charge in [-0.05, 0) is 66.5 Å². The van der Waals surface area contributed by atoms with E-state index >= 15 is 0 Å². The minimum Gasteiger partial charge on any atom is -0.406 e. The largest absolute Gasteiger partial charge is 0.573 e. The molecule has 5 rings (SSSR count). The fraction of sp³-hybridized carbons (Fsp3) is 0.200. The molecule has 0 unspecified atom stereocenters. The summed E-state index contributed by atoms with van der Waals surface area (Å²) in [6.45, 7) is 6.90. The quantitative estimate of drug-likeness (QED) is 0.200. The van der Waals surface area contributed by atoms with Crippen molar-refractivity contribution < 1.29 is 17.9 Å². The van der Waals surface area contributed by atoms with E-state index in [0.717, 1.165) is 27.3 Å². The van der Waals surface area contributed by atoms with Crippen molar-refractivity contribution in [3.05, 3.63) is 106 Å². The number of hydrogen-bond donors (Lipinski definition) is 1. The molecule has 0 saturated heterocycles. The number of thiocarbonyl (C=S) groups is 1. The van der Waals surface area contributed by atoms with Crippen LogP contribution >= 0.6 is 23.6 Å². The highest BCUT2D eigenvalue weighted by Crippen LogP contribution is 2.25. The van der Waals surface area contributed by atoms with Crippen molar-refractivity contribution in [2.24, 2.45) is 4.99 Å². The highest BCUT2D eigenvalue weighted by molar-refractivity contribution is 7.80. The molecule has 2 aromatic heterocycles. The van der Waals surface area contributed by atoms with Gasteiger partial charge >= 0.3 is 6.36 Å². The van der Waals surface area contributed by atoms with Crippen LogP contribution in [0.1, 0.15) is 36.6 Å². The third-order valence-corrected chi connectivity index (χ3v) is 7.54. The van der Waals surface area contributed by atoms with Crippen LogP contribution in [-0.4, -0.2) is 30.8 Å². The highest BCUT2D eigenvalue weighted by Gasteiger charge is 2.31. The van der Waals surface area contributed by atoms with Crippen molar-refractivity contribution in [2.75, 3.05) is 0 Å².